The molecule has 9 heteroatoms. The third-order valence-electron chi connectivity index (χ3n) is 3.69. The highest BCUT2D eigenvalue weighted by atomic mass is 35.5. The fourth-order valence-electron chi connectivity index (χ4n) is 2.54. The van der Waals surface area contributed by atoms with Crippen LogP contribution >= 0.6 is 11.6 Å². The topological polar surface area (TPSA) is 56.1 Å². The predicted molar refractivity (Wildman–Crippen MR) is 96.5 cm³/mol. The number of benzene rings is 1. The molecule has 0 saturated carbocycles. The molecule has 5 nitrogen and oxygen atoms in total. The number of rotatable bonds is 8. The van der Waals surface area contributed by atoms with Crippen LogP contribution in [0.2, 0.25) is 5.02 Å². The fourth-order valence-corrected chi connectivity index (χ4v) is 2.66. The SMILES string of the molecule is CC(C)c1c(C(=O)NCCCOCC(F)(F)F)cnn1-c1ccc(Cl)cc1. The van der Waals surface area contributed by atoms with E-state index >= 15 is 0 Å². The standard InChI is InChI=1S/C18H21ClF3N3O2/c1-12(2)16-15(10-24-25(16)14-6-4-13(19)5-7-14)17(26)23-8-3-9-27-11-18(20,21)22/h4-7,10,12H,3,8-9,11H2,1-2H3,(H,23,26). The summed E-state index contributed by atoms with van der Waals surface area (Å²) in [4.78, 5) is 12.5. The number of aromatic nitrogens is 2. The Morgan fingerprint density at radius 1 is 1.30 bits per heavy atom. The first kappa shape index (κ1) is 21.2. The molecule has 1 amide bonds. The van der Waals surface area contributed by atoms with Gasteiger partial charge in [-0.25, -0.2) is 4.68 Å². The summed E-state index contributed by atoms with van der Waals surface area (Å²) in [6.45, 7) is 2.74. The molecule has 0 radical (unpaired) electrons. The smallest absolute Gasteiger partial charge is 0.372 e. The molecule has 2 rings (SSSR count). The van der Waals surface area contributed by atoms with Gasteiger partial charge >= 0.3 is 6.18 Å². The van der Waals surface area contributed by atoms with Crippen LogP contribution in [0.15, 0.2) is 30.5 Å². The average molecular weight is 404 g/mol. The average Bonchev–Trinajstić information content (AvgIpc) is 3.03. The van der Waals surface area contributed by atoms with E-state index < -0.39 is 12.8 Å². The van der Waals surface area contributed by atoms with Crippen molar-refractivity contribution in [1.29, 1.82) is 0 Å². The number of carbonyl (C=O) groups excluding carboxylic acids is 1. The zero-order chi connectivity index (χ0) is 20.0. The Morgan fingerprint density at radius 2 is 1.96 bits per heavy atom. The largest absolute Gasteiger partial charge is 0.411 e. The number of hydrogen-bond donors (Lipinski definition) is 1. The minimum Gasteiger partial charge on any atom is -0.372 e. The van der Waals surface area contributed by atoms with Gasteiger partial charge in [0.05, 0.1) is 23.1 Å². The maximum absolute atomic E-state index is 12.5. The molecule has 27 heavy (non-hydrogen) atoms. The lowest BCUT2D eigenvalue weighted by Gasteiger charge is -2.13. The van der Waals surface area contributed by atoms with Crippen LogP contribution in [0.5, 0.6) is 0 Å². The van der Waals surface area contributed by atoms with Gasteiger partial charge in [0, 0.05) is 18.2 Å². The van der Waals surface area contributed by atoms with Gasteiger partial charge in [-0.15, -0.1) is 0 Å². The quantitative estimate of drug-likeness (QED) is 0.667. The van der Waals surface area contributed by atoms with Gasteiger partial charge in [0.25, 0.3) is 5.91 Å². The number of ether oxygens (including phenoxy) is 1. The first-order chi connectivity index (χ1) is 12.7. The predicted octanol–water partition coefficient (Wildman–Crippen LogP) is 4.35. The van der Waals surface area contributed by atoms with Crippen LogP contribution in [0.1, 0.15) is 42.2 Å². The van der Waals surface area contributed by atoms with Crippen LogP contribution in [-0.2, 0) is 4.74 Å². The number of amides is 1. The van der Waals surface area contributed by atoms with Crippen molar-refractivity contribution in [3.8, 4) is 5.69 Å². The summed E-state index contributed by atoms with van der Waals surface area (Å²) < 4.78 is 42.2. The van der Waals surface area contributed by atoms with Crippen molar-refractivity contribution in [2.24, 2.45) is 0 Å². The second kappa shape index (κ2) is 9.23. The molecule has 1 heterocycles. The lowest BCUT2D eigenvalue weighted by molar-refractivity contribution is -0.173. The van der Waals surface area contributed by atoms with Crippen LogP contribution in [0.3, 0.4) is 0 Å². The van der Waals surface area contributed by atoms with Gasteiger partial charge in [-0.1, -0.05) is 25.4 Å². The van der Waals surface area contributed by atoms with Crippen molar-refractivity contribution in [2.75, 3.05) is 19.8 Å². The molecule has 1 aromatic heterocycles. The summed E-state index contributed by atoms with van der Waals surface area (Å²) in [5.74, 6) is -0.297. The summed E-state index contributed by atoms with van der Waals surface area (Å²) in [5.41, 5.74) is 1.95. The van der Waals surface area contributed by atoms with Crippen molar-refractivity contribution >= 4 is 17.5 Å². The van der Waals surface area contributed by atoms with E-state index in [1.165, 1.54) is 6.20 Å². The van der Waals surface area contributed by atoms with E-state index in [9.17, 15) is 18.0 Å². The second-order valence-corrected chi connectivity index (χ2v) is 6.70. The molecule has 0 saturated heterocycles. The van der Waals surface area contributed by atoms with Crippen molar-refractivity contribution in [3.63, 3.8) is 0 Å². The molecule has 0 fully saturated rings. The maximum Gasteiger partial charge on any atom is 0.411 e. The van der Waals surface area contributed by atoms with Gasteiger partial charge in [0.15, 0.2) is 0 Å². The number of nitrogens with zero attached hydrogens (tertiary/aromatic N) is 2. The number of hydrogen-bond acceptors (Lipinski definition) is 3. The molecule has 0 aliphatic carbocycles. The lowest BCUT2D eigenvalue weighted by atomic mass is 10.0. The number of halogens is 4. The van der Waals surface area contributed by atoms with Gasteiger partial charge in [0.2, 0.25) is 0 Å². The molecule has 2 aromatic rings. The number of carbonyl (C=O) groups is 1. The van der Waals surface area contributed by atoms with Crippen molar-refractivity contribution in [2.45, 2.75) is 32.4 Å². The molecular weight excluding hydrogens is 383 g/mol. The van der Waals surface area contributed by atoms with E-state index in [2.05, 4.69) is 15.2 Å². The molecule has 0 aliphatic heterocycles. The number of alkyl halides is 3. The first-order valence-corrected chi connectivity index (χ1v) is 8.83. The summed E-state index contributed by atoms with van der Waals surface area (Å²) >= 11 is 5.91. The highest BCUT2D eigenvalue weighted by molar-refractivity contribution is 6.30. The van der Waals surface area contributed by atoms with Crippen LogP contribution in [0.25, 0.3) is 5.69 Å². The van der Waals surface area contributed by atoms with E-state index in [1.807, 2.05) is 13.8 Å². The Kier molecular flexibility index (Phi) is 7.26. The first-order valence-electron chi connectivity index (χ1n) is 8.45. The van der Waals surface area contributed by atoms with Crippen LogP contribution < -0.4 is 5.32 Å². The van der Waals surface area contributed by atoms with E-state index in [4.69, 9.17) is 11.6 Å². The van der Waals surface area contributed by atoms with Crippen LogP contribution in [-0.4, -0.2) is 41.6 Å². The molecule has 1 N–H and O–H groups in total. The van der Waals surface area contributed by atoms with Crippen molar-refractivity contribution in [3.05, 3.63) is 46.7 Å². The van der Waals surface area contributed by atoms with Gasteiger partial charge in [-0.2, -0.15) is 18.3 Å². The van der Waals surface area contributed by atoms with Gasteiger partial charge in [0.1, 0.15) is 6.61 Å². The lowest BCUT2D eigenvalue weighted by Crippen LogP contribution is -2.27. The van der Waals surface area contributed by atoms with Gasteiger partial charge < -0.3 is 10.1 Å². The Labute approximate surface area is 160 Å². The summed E-state index contributed by atoms with van der Waals surface area (Å²) in [5, 5.41) is 7.60. The Hall–Kier alpha value is -2.06. The molecule has 0 atom stereocenters. The Bertz CT molecular complexity index is 758. The molecular formula is C18H21ClF3N3O2. The molecule has 148 valence electrons. The van der Waals surface area contributed by atoms with Crippen molar-refractivity contribution < 1.29 is 22.7 Å². The highest BCUT2D eigenvalue weighted by Crippen LogP contribution is 2.24. The van der Waals surface area contributed by atoms with E-state index in [0.717, 1.165) is 11.4 Å². The minimum atomic E-state index is -4.34. The molecule has 1 aromatic carbocycles. The van der Waals surface area contributed by atoms with E-state index in [0.29, 0.717) is 10.6 Å². The third-order valence-corrected chi connectivity index (χ3v) is 3.94. The van der Waals surface area contributed by atoms with Crippen LogP contribution in [0, 0.1) is 0 Å². The molecule has 0 unspecified atom stereocenters. The normalized spacial score (nSPS) is 11.8. The fraction of sp³-hybridized carbons (Fsp3) is 0.444. The summed E-state index contributed by atoms with van der Waals surface area (Å²) in [6, 6.07) is 7.09. The Morgan fingerprint density at radius 3 is 2.56 bits per heavy atom. The van der Waals surface area contributed by atoms with E-state index in [1.54, 1.807) is 28.9 Å². The van der Waals surface area contributed by atoms with Crippen molar-refractivity contribution in [1.82, 2.24) is 15.1 Å². The minimum absolute atomic E-state index is 0.0269. The van der Waals surface area contributed by atoms with Crippen LogP contribution in [0.4, 0.5) is 13.2 Å². The Balaban J connectivity index is 1.99. The second-order valence-electron chi connectivity index (χ2n) is 6.26. The number of nitrogens with one attached hydrogen (secondary N) is 1. The third kappa shape index (κ3) is 6.25. The summed E-state index contributed by atoms with van der Waals surface area (Å²) in [7, 11) is 0. The summed E-state index contributed by atoms with van der Waals surface area (Å²) in [6.07, 6.45) is -2.57. The van der Waals surface area contributed by atoms with Gasteiger partial charge in [-0.05, 0) is 36.6 Å². The van der Waals surface area contributed by atoms with E-state index in [-0.39, 0.29) is 31.4 Å². The molecule has 0 spiro atoms. The van der Waals surface area contributed by atoms with Gasteiger partial charge in [-0.3, -0.25) is 4.79 Å². The molecule has 0 aliphatic rings. The zero-order valence-electron chi connectivity index (χ0n) is 15.0. The monoisotopic (exact) mass is 403 g/mol. The zero-order valence-corrected chi connectivity index (χ0v) is 15.8. The maximum atomic E-state index is 12.5. The highest BCUT2D eigenvalue weighted by Gasteiger charge is 2.27. The molecule has 0 bridgehead atoms.